The van der Waals surface area contributed by atoms with Gasteiger partial charge in [-0.25, -0.2) is 0 Å². The molecule has 0 aromatic heterocycles. The van der Waals surface area contributed by atoms with Crippen LogP contribution in [-0.2, 0) is 0 Å². The van der Waals surface area contributed by atoms with Gasteiger partial charge >= 0.3 is 0 Å². The molecule has 0 saturated carbocycles. The lowest BCUT2D eigenvalue weighted by Crippen LogP contribution is -2.27. The zero-order valence-corrected chi connectivity index (χ0v) is 8.44. The van der Waals surface area contributed by atoms with Crippen LogP contribution in [0.15, 0.2) is 12.2 Å². The van der Waals surface area contributed by atoms with Gasteiger partial charge in [-0.2, -0.15) is 0 Å². The first kappa shape index (κ1) is 9.92. The van der Waals surface area contributed by atoms with Gasteiger partial charge in [-0.15, -0.1) is 0 Å². The fraction of sp³-hybridized carbons (Fsp3) is 0.750. The molecule has 0 amide bonds. The monoisotopic (exact) mass is 158 g/mol. The van der Waals surface area contributed by atoms with Gasteiger partial charge < -0.3 is 5.11 Å². The Bertz CT molecular complexity index is 124. The van der Waals surface area contributed by atoms with Crippen LogP contribution in [0.1, 0.15) is 6.92 Å². The Morgan fingerprint density at radius 3 is 2.00 bits per heavy atom. The van der Waals surface area contributed by atoms with Crippen molar-refractivity contribution < 1.29 is 5.11 Å². The van der Waals surface area contributed by atoms with E-state index in [0.717, 1.165) is 5.57 Å². The first-order chi connectivity index (χ1) is 4.39. The van der Waals surface area contributed by atoms with E-state index in [1.54, 1.807) is 0 Å². The fourth-order valence-corrected chi connectivity index (χ4v) is 2.07. The van der Waals surface area contributed by atoms with Gasteiger partial charge in [0.1, 0.15) is 0 Å². The summed E-state index contributed by atoms with van der Waals surface area (Å²) in [6, 6.07) is 0. The standard InChI is InChI=1S/C8H18OSi/c1-7(6-9)8(2)10(3,4)5/h8-9H,1,6H2,2-5H3. The minimum absolute atomic E-state index is 0.144. The largest absolute Gasteiger partial charge is 0.392 e. The number of rotatable bonds is 3. The van der Waals surface area contributed by atoms with E-state index in [4.69, 9.17) is 5.11 Å². The van der Waals surface area contributed by atoms with Crippen molar-refractivity contribution >= 4 is 8.07 Å². The van der Waals surface area contributed by atoms with Crippen LogP contribution < -0.4 is 0 Å². The summed E-state index contributed by atoms with van der Waals surface area (Å²) in [5.74, 6) is 0. The smallest absolute Gasteiger partial charge is 0.0638 e. The van der Waals surface area contributed by atoms with Crippen LogP contribution in [0.5, 0.6) is 0 Å². The molecule has 0 aliphatic carbocycles. The zero-order chi connectivity index (χ0) is 8.36. The Morgan fingerprint density at radius 1 is 1.50 bits per heavy atom. The van der Waals surface area contributed by atoms with Crippen molar-refractivity contribution in [1.29, 1.82) is 0 Å². The lowest BCUT2D eigenvalue weighted by Gasteiger charge is -2.26. The van der Waals surface area contributed by atoms with Crippen LogP contribution in [0, 0.1) is 0 Å². The quantitative estimate of drug-likeness (QED) is 0.493. The molecule has 0 radical (unpaired) electrons. The highest BCUT2D eigenvalue weighted by atomic mass is 28.3. The van der Waals surface area contributed by atoms with Crippen molar-refractivity contribution in [1.82, 2.24) is 0 Å². The maximum absolute atomic E-state index is 8.79. The third-order valence-electron chi connectivity index (χ3n) is 2.11. The van der Waals surface area contributed by atoms with Gasteiger partial charge in [0.05, 0.1) is 14.7 Å². The second-order valence-electron chi connectivity index (χ2n) is 3.90. The summed E-state index contributed by atoms with van der Waals surface area (Å²) in [5.41, 5.74) is 1.51. The summed E-state index contributed by atoms with van der Waals surface area (Å²) in [7, 11) is -1.10. The molecule has 0 saturated heterocycles. The first-order valence-electron chi connectivity index (χ1n) is 3.68. The Kier molecular flexibility index (Phi) is 3.32. The number of aliphatic hydroxyl groups excluding tert-OH is 1. The molecule has 0 heterocycles. The van der Waals surface area contributed by atoms with E-state index in [1.165, 1.54) is 0 Å². The molecule has 1 unspecified atom stereocenters. The number of hydrogen-bond acceptors (Lipinski definition) is 1. The predicted octanol–water partition coefficient (Wildman–Crippen LogP) is 2.26. The van der Waals surface area contributed by atoms with Crippen molar-refractivity contribution in [3.05, 3.63) is 12.2 Å². The Hall–Kier alpha value is -0.0831. The summed E-state index contributed by atoms with van der Waals surface area (Å²) < 4.78 is 0. The highest BCUT2D eigenvalue weighted by Gasteiger charge is 2.23. The van der Waals surface area contributed by atoms with E-state index < -0.39 is 8.07 Å². The molecule has 0 bridgehead atoms. The van der Waals surface area contributed by atoms with Crippen molar-refractivity contribution in [3.63, 3.8) is 0 Å². The van der Waals surface area contributed by atoms with Gasteiger partial charge in [0.15, 0.2) is 0 Å². The Balaban J connectivity index is 4.08. The van der Waals surface area contributed by atoms with E-state index in [0.29, 0.717) is 5.54 Å². The van der Waals surface area contributed by atoms with Gasteiger partial charge in [0, 0.05) is 0 Å². The van der Waals surface area contributed by atoms with Crippen LogP contribution in [0.25, 0.3) is 0 Å². The molecule has 0 aliphatic rings. The summed E-state index contributed by atoms with van der Waals surface area (Å²) in [5, 5.41) is 8.79. The van der Waals surface area contributed by atoms with Crippen LogP contribution in [0.2, 0.25) is 25.2 Å². The van der Waals surface area contributed by atoms with Crippen LogP contribution in [0.4, 0.5) is 0 Å². The van der Waals surface area contributed by atoms with Crippen LogP contribution >= 0.6 is 0 Å². The topological polar surface area (TPSA) is 20.2 Å². The zero-order valence-electron chi connectivity index (χ0n) is 7.44. The third-order valence-corrected chi connectivity index (χ3v) is 5.12. The molecule has 0 aromatic rings. The Labute approximate surface area is 64.8 Å². The maximum Gasteiger partial charge on any atom is 0.0638 e. The molecule has 2 heteroatoms. The molecule has 1 atom stereocenters. The molecule has 0 fully saturated rings. The lowest BCUT2D eigenvalue weighted by molar-refractivity contribution is 0.328. The molecule has 0 aliphatic heterocycles. The summed E-state index contributed by atoms with van der Waals surface area (Å²) >= 11 is 0. The highest BCUT2D eigenvalue weighted by Crippen LogP contribution is 2.27. The average molecular weight is 158 g/mol. The molecule has 60 valence electrons. The maximum atomic E-state index is 8.79. The van der Waals surface area contributed by atoms with Gasteiger partial charge in [0.25, 0.3) is 0 Å². The number of hydrogen-bond donors (Lipinski definition) is 1. The van der Waals surface area contributed by atoms with E-state index >= 15 is 0 Å². The summed E-state index contributed by atoms with van der Waals surface area (Å²) in [6.07, 6.45) is 0. The first-order valence-corrected chi connectivity index (χ1v) is 7.26. The minimum atomic E-state index is -1.10. The minimum Gasteiger partial charge on any atom is -0.392 e. The van der Waals surface area contributed by atoms with E-state index in [1.807, 2.05) is 0 Å². The van der Waals surface area contributed by atoms with Gasteiger partial charge in [-0.3, -0.25) is 0 Å². The molecule has 1 N–H and O–H groups in total. The van der Waals surface area contributed by atoms with Gasteiger partial charge in [-0.05, 0) is 5.54 Å². The molecular weight excluding hydrogens is 140 g/mol. The Morgan fingerprint density at radius 2 is 1.90 bits per heavy atom. The molecular formula is C8H18OSi. The second-order valence-corrected chi connectivity index (χ2v) is 9.50. The molecule has 0 spiro atoms. The third kappa shape index (κ3) is 2.67. The number of aliphatic hydroxyl groups is 1. The molecule has 10 heavy (non-hydrogen) atoms. The summed E-state index contributed by atoms with van der Waals surface area (Å²) in [4.78, 5) is 0. The van der Waals surface area contributed by atoms with Crippen LogP contribution in [0.3, 0.4) is 0 Å². The van der Waals surface area contributed by atoms with Crippen molar-refractivity contribution in [2.45, 2.75) is 32.1 Å². The highest BCUT2D eigenvalue weighted by molar-refractivity contribution is 6.78. The van der Waals surface area contributed by atoms with Gasteiger partial charge in [-0.1, -0.05) is 38.7 Å². The van der Waals surface area contributed by atoms with Crippen molar-refractivity contribution in [2.75, 3.05) is 6.61 Å². The normalized spacial score (nSPS) is 14.9. The van der Waals surface area contributed by atoms with E-state index in [9.17, 15) is 0 Å². The van der Waals surface area contributed by atoms with Gasteiger partial charge in [0.2, 0.25) is 0 Å². The second kappa shape index (κ2) is 3.35. The van der Waals surface area contributed by atoms with Crippen LogP contribution in [-0.4, -0.2) is 19.8 Å². The molecule has 0 aromatic carbocycles. The SMILES string of the molecule is C=C(CO)C(C)[Si](C)(C)C. The lowest BCUT2D eigenvalue weighted by atomic mass is 10.2. The predicted molar refractivity (Wildman–Crippen MR) is 49.0 cm³/mol. The van der Waals surface area contributed by atoms with Crippen molar-refractivity contribution in [2.24, 2.45) is 0 Å². The fourth-order valence-electron chi connectivity index (χ4n) is 0.749. The summed E-state index contributed by atoms with van der Waals surface area (Å²) in [6.45, 7) is 13.0. The average Bonchev–Trinajstić information content (AvgIpc) is 1.83. The molecule has 0 rings (SSSR count). The van der Waals surface area contributed by atoms with Crippen molar-refractivity contribution in [3.8, 4) is 0 Å². The van der Waals surface area contributed by atoms with E-state index in [2.05, 4.69) is 33.1 Å². The van der Waals surface area contributed by atoms with E-state index in [-0.39, 0.29) is 6.61 Å². The molecule has 1 nitrogen and oxygen atoms in total.